The molecule has 1 aromatic carbocycles. The second kappa shape index (κ2) is 5.87. The van der Waals surface area contributed by atoms with Gasteiger partial charge in [0.2, 0.25) is 10.0 Å². The highest BCUT2D eigenvalue weighted by molar-refractivity contribution is 7.89. The van der Waals surface area contributed by atoms with Gasteiger partial charge in [-0.15, -0.1) is 0 Å². The van der Waals surface area contributed by atoms with Gasteiger partial charge in [0, 0.05) is 44.6 Å². The smallest absolute Gasteiger partial charge is 0.242 e. The number of aryl methyl sites for hydroxylation is 1. The predicted molar refractivity (Wildman–Crippen MR) is 82.6 cm³/mol. The zero-order valence-electron chi connectivity index (χ0n) is 12.7. The molecular formula is C14H20N4O2S. The van der Waals surface area contributed by atoms with Crippen LogP contribution in [0.3, 0.4) is 0 Å². The average Bonchev–Trinajstić information content (AvgIpc) is 2.77. The van der Waals surface area contributed by atoms with Gasteiger partial charge in [0.25, 0.3) is 0 Å². The zero-order chi connectivity index (χ0) is 15.6. The molecule has 21 heavy (non-hydrogen) atoms. The first-order chi connectivity index (χ1) is 9.82. The molecule has 0 spiro atoms. The predicted octanol–water partition coefficient (Wildman–Crippen LogP) is 1.59. The van der Waals surface area contributed by atoms with Crippen LogP contribution in [0, 0.1) is 6.92 Å². The maximum absolute atomic E-state index is 12.0. The molecule has 114 valence electrons. The van der Waals surface area contributed by atoms with Crippen LogP contribution in [0.5, 0.6) is 0 Å². The van der Waals surface area contributed by atoms with Crippen LogP contribution in [0.2, 0.25) is 0 Å². The lowest BCUT2D eigenvalue weighted by Crippen LogP contribution is -2.22. The molecule has 2 rings (SSSR count). The van der Waals surface area contributed by atoms with Crippen LogP contribution < -0.4 is 5.32 Å². The van der Waals surface area contributed by atoms with E-state index in [4.69, 9.17) is 0 Å². The van der Waals surface area contributed by atoms with Crippen molar-refractivity contribution in [2.75, 3.05) is 19.4 Å². The van der Waals surface area contributed by atoms with Crippen LogP contribution in [0.1, 0.15) is 11.3 Å². The normalized spacial score (nSPS) is 11.9. The minimum atomic E-state index is -3.37. The van der Waals surface area contributed by atoms with E-state index in [0.29, 0.717) is 6.54 Å². The molecule has 0 amide bonds. The van der Waals surface area contributed by atoms with Crippen LogP contribution >= 0.6 is 0 Å². The molecule has 2 aromatic rings. The topological polar surface area (TPSA) is 67.2 Å². The minimum absolute atomic E-state index is 0.288. The maximum Gasteiger partial charge on any atom is 0.242 e. The van der Waals surface area contributed by atoms with Gasteiger partial charge in [-0.05, 0) is 31.2 Å². The summed E-state index contributed by atoms with van der Waals surface area (Å²) in [4.78, 5) is 0.288. The van der Waals surface area contributed by atoms with E-state index in [1.165, 1.54) is 18.4 Å². The van der Waals surface area contributed by atoms with Crippen molar-refractivity contribution in [2.45, 2.75) is 18.4 Å². The fourth-order valence-corrected chi connectivity index (χ4v) is 2.77. The molecule has 0 saturated heterocycles. The van der Waals surface area contributed by atoms with Gasteiger partial charge in [-0.2, -0.15) is 5.10 Å². The van der Waals surface area contributed by atoms with Crippen molar-refractivity contribution in [3.8, 4) is 0 Å². The van der Waals surface area contributed by atoms with Crippen molar-refractivity contribution in [1.82, 2.24) is 14.1 Å². The first-order valence-corrected chi connectivity index (χ1v) is 8.00. The lowest BCUT2D eigenvalue weighted by Gasteiger charge is -2.12. The summed E-state index contributed by atoms with van der Waals surface area (Å²) < 4.78 is 27.0. The average molecular weight is 308 g/mol. The van der Waals surface area contributed by atoms with Gasteiger partial charge in [-0.3, -0.25) is 4.68 Å². The van der Waals surface area contributed by atoms with Crippen molar-refractivity contribution in [3.05, 3.63) is 41.7 Å². The quantitative estimate of drug-likeness (QED) is 0.911. The first-order valence-electron chi connectivity index (χ1n) is 6.56. The Balaban J connectivity index is 2.08. The molecule has 0 aliphatic carbocycles. The Labute approximate surface area is 125 Å². The third-order valence-electron chi connectivity index (χ3n) is 3.45. The first kappa shape index (κ1) is 15.5. The number of anilines is 1. The van der Waals surface area contributed by atoms with E-state index >= 15 is 0 Å². The number of aromatic nitrogens is 2. The van der Waals surface area contributed by atoms with E-state index in [-0.39, 0.29) is 4.90 Å². The highest BCUT2D eigenvalue weighted by Crippen LogP contribution is 2.17. The fraction of sp³-hybridized carbons (Fsp3) is 0.357. The summed E-state index contributed by atoms with van der Waals surface area (Å²) in [7, 11) is 1.57. The summed E-state index contributed by atoms with van der Waals surface area (Å²) >= 11 is 0. The van der Waals surface area contributed by atoms with Gasteiger partial charge in [0.1, 0.15) is 0 Å². The van der Waals surface area contributed by atoms with E-state index in [1.807, 2.05) is 24.9 Å². The molecule has 0 atom stereocenters. The van der Waals surface area contributed by atoms with Crippen molar-refractivity contribution in [3.63, 3.8) is 0 Å². The third kappa shape index (κ3) is 3.25. The molecule has 0 unspecified atom stereocenters. The zero-order valence-corrected chi connectivity index (χ0v) is 13.5. The summed E-state index contributed by atoms with van der Waals surface area (Å²) in [5.74, 6) is 0. The molecule has 7 heteroatoms. The standard InChI is InChI=1S/C14H20N4O2S/c1-11-12(10-16-18(11)4)9-15-13-5-7-14(8-6-13)21(19,20)17(2)3/h5-8,10,15H,9H2,1-4H3. The number of sulfonamides is 1. The number of hydrogen-bond acceptors (Lipinski definition) is 4. The number of nitrogens with one attached hydrogen (secondary N) is 1. The van der Waals surface area contributed by atoms with E-state index < -0.39 is 10.0 Å². The van der Waals surface area contributed by atoms with Crippen LogP contribution in [-0.2, 0) is 23.6 Å². The molecule has 1 aromatic heterocycles. The molecule has 0 fully saturated rings. The monoisotopic (exact) mass is 308 g/mol. The Morgan fingerprint density at radius 1 is 1.24 bits per heavy atom. The molecule has 1 heterocycles. The molecular weight excluding hydrogens is 288 g/mol. The van der Waals surface area contributed by atoms with Crippen molar-refractivity contribution >= 4 is 15.7 Å². The summed E-state index contributed by atoms with van der Waals surface area (Å²) in [5.41, 5.74) is 3.09. The molecule has 0 aliphatic heterocycles. The van der Waals surface area contributed by atoms with E-state index in [1.54, 1.807) is 24.3 Å². The van der Waals surface area contributed by atoms with Crippen LogP contribution in [0.15, 0.2) is 35.4 Å². The number of rotatable bonds is 5. The number of benzene rings is 1. The Morgan fingerprint density at radius 2 is 1.86 bits per heavy atom. The van der Waals surface area contributed by atoms with E-state index in [0.717, 1.165) is 16.9 Å². The summed E-state index contributed by atoms with van der Waals surface area (Å²) in [6.45, 7) is 2.66. The highest BCUT2D eigenvalue weighted by Gasteiger charge is 2.16. The second-order valence-electron chi connectivity index (χ2n) is 5.04. The minimum Gasteiger partial charge on any atom is -0.381 e. The largest absolute Gasteiger partial charge is 0.381 e. The van der Waals surface area contributed by atoms with Gasteiger partial charge < -0.3 is 5.32 Å². The Bertz CT molecular complexity index is 718. The van der Waals surface area contributed by atoms with E-state index in [2.05, 4.69) is 10.4 Å². The van der Waals surface area contributed by atoms with Crippen molar-refractivity contribution in [2.24, 2.45) is 7.05 Å². The van der Waals surface area contributed by atoms with Gasteiger partial charge >= 0.3 is 0 Å². The van der Waals surface area contributed by atoms with Crippen molar-refractivity contribution < 1.29 is 8.42 Å². The molecule has 0 saturated carbocycles. The fourth-order valence-electron chi connectivity index (χ4n) is 1.87. The van der Waals surface area contributed by atoms with Gasteiger partial charge in [0.05, 0.1) is 11.1 Å². The maximum atomic E-state index is 12.0. The van der Waals surface area contributed by atoms with E-state index in [9.17, 15) is 8.42 Å². The molecule has 1 N–H and O–H groups in total. The van der Waals surface area contributed by atoms with Gasteiger partial charge in [0.15, 0.2) is 0 Å². The molecule has 0 radical (unpaired) electrons. The Morgan fingerprint density at radius 3 is 2.33 bits per heavy atom. The Hall–Kier alpha value is -1.86. The number of hydrogen-bond donors (Lipinski definition) is 1. The summed E-state index contributed by atoms with van der Waals surface area (Å²) in [6.07, 6.45) is 1.83. The summed E-state index contributed by atoms with van der Waals surface area (Å²) in [5, 5.41) is 7.45. The molecule has 0 aliphatic rings. The summed E-state index contributed by atoms with van der Waals surface area (Å²) in [6, 6.07) is 6.74. The SMILES string of the molecule is Cc1c(CNc2ccc(S(=O)(=O)N(C)C)cc2)cnn1C. The van der Waals surface area contributed by atoms with Crippen LogP contribution in [0.25, 0.3) is 0 Å². The van der Waals surface area contributed by atoms with Crippen LogP contribution in [0.4, 0.5) is 5.69 Å². The lowest BCUT2D eigenvalue weighted by molar-refractivity contribution is 0.521. The lowest BCUT2D eigenvalue weighted by atomic mass is 10.2. The van der Waals surface area contributed by atoms with Gasteiger partial charge in [-0.1, -0.05) is 0 Å². The molecule has 0 bridgehead atoms. The number of nitrogens with zero attached hydrogens (tertiary/aromatic N) is 3. The Kier molecular flexibility index (Phi) is 4.34. The molecule has 6 nitrogen and oxygen atoms in total. The van der Waals surface area contributed by atoms with Crippen LogP contribution in [-0.4, -0.2) is 36.6 Å². The highest BCUT2D eigenvalue weighted by atomic mass is 32.2. The third-order valence-corrected chi connectivity index (χ3v) is 5.28. The second-order valence-corrected chi connectivity index (χ2v) is 7.20. The van der Waals surface area contributed by atoms with Gasteiger partial charge in [-0.25, -0.2) is 12.7 Å². The van der Waals surface area contributed by atoms with Crippen molar-refractivity contribution in [1.29, 1.82) is 0 Å².